The first-order valence-corrected chi connectivity index (χ1v) is 6.75. The maximum Gasteiger partial charge on any atom is 0.137 e. The standard InChI is InChI=1S/C15H15BrFN/c1-2-18-15(11-6-4-3-5-7-11)12-8-9-13(16)14(17)10-12/h3-10,15,18H,2H2,1H3. The van der Waals surface area contributed by atoms with Gasteiger partial charge in [-0.3, -0.25) is 0 Å². The molecular weight excluding hydrogens is 293 g/mol. The lowest BCUT2D eigenvalue weighted by Crippen LogP contribution is -2.22. The Bertz CT molecular complexity index is 513. The van der Waals surface area contributed by atoms with Crippen molar-refractivity contribution >= 4 is 15.9 Å². The Labute approximate surface area is 115 Å². The number of benzene rings is 2. The zero-order chi connectivity index (χ0) is 13.0. The highest BCUT2D eigenvalue weighted by atomic mass is 79.9. The fourth-order valence-electron chi connectivity index (χ4n) is 1.97. The summed E-state index contributed by atoms with van der Waals surface area (Å²) >= 11 is 3.18. The first kappa shape index (κ1) is 13.2. The zero-order valence-electron chi connectivity index (χ0n) is 10.2. The van der Waals surface area contributed by atoms with Crippen molar-refractivity contribution in [2.45, 2.75) is 13.0 Å². The summed E-state index contributed by atoms with van der Waals surface area (Å²) in [7, 11) is 0. The third-order valence-electron chi connectivity index (χ3n) is 2.82. The Morgan fingerprint density at radius 1 is 1.11 bits per heavy atom. The highest BCUT2D eigenvalue weighted by molar-refractivity contribution is 9.10. The number of rotatable bonds is 4. The van der Waals surface area contributed by atoms with Crippen molar-refractivity contribution < 1.29 is 4.39 Å². The smallest absolute Gasteiger partial charge is 0.137 e. The second kappa shape index (κ2) is 6.12. The SMILES string of the molecule is CCNC(c1ccccc1)c1ccc(Br)c(F)c1. The molecule has 0 aliphatic heterocycles. The maximum absolute atomic E-state index is 13.6. The van der Waals surface area contributed by atoms with E-state index >= 15 is 0 Å². The van der Waals surface area contributed by atoms with Gasteiger partial charge in [0.15, 0.2) is 0 Å². The molecule has 1 N–H and O–H groups in total. The van der Waals surface area contributed by atoms with Gasteiger partial charge in [0.1, 0.15) is 5.82 Å². The Morgan fingerprint density at radius 3 is 2.44 bits per heavy atom. The highest BCUT2D eigenvalue weighted by Gasteiger charge is 2.13. The van der Waals surface area contributed by atoms with E-state index in [9.17, 15) is 4.39 Å². The molecule has 94 valence electrons. The second-order valence-electron chi connectivity index (χ2n) is 4.07. The average Bonchev–Trinajstić information content (AvgIpc) is 2.40. The molecule has 0 bridgehead atoms. The van der Waals surface area contributed by atoms with Gasteiger partial charge < -0.3 is 5.32 Å². The molecule has 0 fully saturated rings. The molecule has 2 aromatic carbocycles. The summed E-state index contributed by atoms with van der Waals surface area (Å²) in [6.45, 7) is 2.88. The molecule has 2 rings (SSSR count). The lowest BCUT2D eigenvalue weighted by Gasteiger charge is -2.19. The van der Waals surface area contributed by atoms with Crippen LogP contribution < -0.4 is 5.32 Å². The molecule has 1 atom stereocenters. The molecule has 1 unspecified atom stereocenters. The predicted octanol–water partition coefficient (Wildman–Crippen LogP) is 4.29. The van der Waals surface area contributed by atoms with Gasteiger partial charge in [-0.05, 0) is 45.7 Å². The van der Waals surface area contributed by atoms with Gasteiger partial charge in [-0.15, -0.1) is 0 Å². The third kappa shape index (κ3) is 2.98. The number of halogens is 2. The van der Waals surface area contributed by atoms with E-state index in [2.05, 4.69) is 21.2 Å². The molecule has 18 heavy (non-hydrogen) atoms. The summed E-state index contributed by atoms with van der Waals surface area (Å²) in [6.07, 6.45) is 0. The second-order valence-corrected chi connectivity index (χ2v) is 4.93. The fraction of sp³-hybridized carbons (Fsp3) is 0.200. The lowest BCUT2D eigenvalue weighted by molar-refractivity contribution is 0.599. The van der Waals surface area contributed by atoms with E-state index in [0.29, 0.717) is 4.47 Å². The molecular formula is C15H15BrFN. The van der Waals surface area contributed by atoms with Gasteiger partial charge in [0, 0.05) is 0 Å². The van der Waals surface area contributed by atoms with Crippen LogP contribution in [0.5, 0.6) is 0 Å². The lowest BCUT2D eigenvalue weighted by atomic mass is 9.98. The van der Waals surface area contributed by atoms with Crippen LogP contribution in [0.4, 0.5) is 4.39 Å². The predicted molar refractivity (Wildman–Crippen MR) is 76.1 cm³/mol. The van der Waals surface area contributed by atoms with Gasteiger partial charge in [-0.2, -0.15) is 0 Å². The number of hydrogen-bond donors (Lipinski definition) is 1. The summed E-state index contributed by atoms with van der Waals surface area (Å²) in [4.78, 5) is 0. The van der Waals surface area contributed by atoms with Crippen molar-refractivity contribution in [2.75, 3.05) is 6.54 Å². The molecule has 0 aliphatic rings. The summed E-state index contributed by atoms with van der Waals surface area (Å²) in [5.41, 5.74) is 2.07. The molecule has 0 amide bonds. The fourth-order valence-corrected chi connectivity index (χ4v) is 2.22. The topological polar surface area (TPSA) is 12.0 Å². The summed E-state index contributed by atoms with van der Waals surface area (Å²) < 4.78 is 14.1. The van der Waals surface area contributed by atoms with Crippen molar-refractivity contribution in [3.63, 3.8) is 0 Å². The Kier molecular flexibility index (Phi) is 4.50. The normalized spacial score (nSPS) is 12.4. The van der Waals surface area contributed by atoms with Crippen LogP contribution in [-0.2, 0) is 0 Å². The van der Waals surface area contributed by atoms with E-state index in [1.807, 2.05) is 43.3 Å². The largest absolute Gasteiger partial charge is 0.307 e. The third-order valence-corrected chi connectivity index (χ3v) is 3.46. The minimum absolute atomic E-state index is 0.0267. The summed E-state index contributed by atoms with van der Waals surface area (Å²) in [6, 6.07) is 15.4. The van der Waals surface area contributed by atoms with Crippen LogP contribution in [0.2, 0.25) is 0 Å². The van der Waals surface area contributed by atoms with Crippen molar-refractivity contribution in [3.8, 4) is 0 Å². The molecule has 0 aliphatic carbocycles. The highest BCUT2D eigenvalue weighted by Crippen LogP contribution is 2.25. The molecule has 3 heteroatoms. The molecule has 0 saturated carbocycles. The number of hydrogen-bond acceptors (Lipinski definition) is 1. The van der Waals surface area contributed by atoms with Crippen LogP contribution in [0.15, 0.2) is 53.0 Å². The Balaban J connectivity index is 2.38. The van der Waals surface area contributed by atoms with Crippen molar-refractivity contribution in [1.82, 2.24) is 5.32 Å². The van der Waals surface area contributed by atoms with Gasteiger partial charge in [0.05, 0.1) is 10.5 Å². The van der Waals surface area contributed by atoms with Crippen LogP contribution >= 0.6 is 15.9 Å². The maximum atomic E-state index is 13.6. The van der Waals surface area contributed by atoms with Crippen molar-refractivity contribution in [1.29, 1.82) is 0 Å². The van der Waals surface area contributed by atoms with E-state index in [4.69, 9.17) is 0 Å². The van der Waals surface area contributed by atoms with E-state index in [0.717, 1.165) is 17.7 Å². The molecule has 0 spiro atoms. The van der Waals surface area contributed by atoms with Gasteiger partial charge in [-0.25, -0.2) is 4.39 Å². The summed E-state index contributed by atoms with van der Waals surface area (Å²) in [5.74, 6) is -0.230. The molecule has 0 saturated heterocycles. The molecule has 0 heterocycles. The van der Waals surface area contributed by atoms with Gasteiger partial charge in [0.25, 0.3) is 0 Å². The monoisotopic (exact) mass is 307 g/mol. The number of nitrogens with one attached hydrogen (secondary N) is 1. The summed E-state index contributed by atoms with van der Waals surface area (Å²) in [5, 5.41) is 3.38. The van der Waals surface area contributed by atoms with Gasteiger partial charge in [-0.1, -0.05) is 43.3 Å². The van der Waals surface area contributed by atoms with E-state index in [1.165, 1.54) is 0 Å². The van der Waals surface area contributed by atoms with Gasteiger partial charge in [0.2, 0.25) is 0 Å². The van der Waals surface area contributed by atoms with Crippen LogP contribution in [0.25, 0.3) is 0 Å². The van der Waals surface area contributed by atoms with Crippen LogP contribution in [0.1, 0.15) is 24.1 Å². The van der Waals surface area contributed by atoms with Crippen LogP contribution in [0.3, 0.4) is 0 Å². The Morgan fingerprint density at radius 2 is 1.83 bits per heavy atom. The van der Waals surface area contributed by atoms with Gasteiger partial charge >= 0.3 is 0 Å². The van der Waals surface area contributed by atoms with E-state index < -0.39 is 0 Å². The minimum Gasteiger partial charge on any atom is -0.307 e. The zero-order valence-corrected chi connectivity index (χ0v) is 11.7. The average molecular weight is 308 g/mol. The van der Waals surface area contributed by atoms with Crippen LogP contribution in [0, 0.1) is 5.82 Å². The quantitative estimate of drug-likeness (QED) is 0.888. The molecule has 1 nitrogen and oxygen atoms in total. The Hall–Kier alpha value is -1.19. The van der Waals surface area contributed by atoms with E-state index in [1.54, 1.807) is 12.1 Å². The molecule has 0 aromatic heterocycles. The first-order chi connectivity index (χ1) is 8.72. The molecule has 2 aromatic rings. The van der Waals surface area contributed by atoms with Crippen molar-refractivity contribution in [2.24, 2.45) is 0 Å². The molecule has 0 radical (unpaired) electrons. The van der Waals surface area contributed by atoms with Crippen molar-refractivity contribution in [3.05, 3.63) is 69.9 Å². The first-order valence-electron chi connectivity index (χ1n) is 5.95. The van der Waals surface area contributed by atoms with Crippen LogP contribution in [-0.4, -0.2) is 6.54 Å². The van der Waals surface area contributed by atoms with E-state index in [-0.39, 0.29) is 11.9 Å². The minimum atomic E-state index is -0.230.